The third-order valence-corrected chi connectivity index (χ3v) is 11.1. The van der Waals surface area contributed by atoms with Crippen LogP contribution in [0.15, 0.2) is 115 Å². The number of aromatic hydroxyl groups is 1. The first-order valence-electron chi connectivity index (χ1n) is 16.6. The zero-order valence-corrected chi connectivity index (χ0v) is 27.4. The van der Waals surface area contributed by atoms with Gasteiger partial charge in [-0.25, -0.2) is 4.90 Å². The van der Waals surface area contributed by atoms with Gasteiger partial charge >= 0.3 is 0 Å². The summed E-state index contributed by atoms with van der Waals surface area (Å²) in [5, 5.41) is 12.2. The van der Waals surface area contributed by atoms with Gasteiger partial charge in [-0.3, -0.25) is 24.1 Å². The number of carbonyl (C=O) groups is 4. The molecule has 2 aliphatic heterocycles. The van der Waals surface area contributed by atoms with Crippen LogP contribution < -0.4 is 14.5 Å². The van der Waals surface area contributed by atoms with E-state index in [2.05, 4.69) is 0 Å². The molecule has 2 aliphatic carbocycles. The number of phenolic OH excluding ortho intramolecular Hbond substituents is 1. The summed E-state index contributed by atoms with van der Waals surface area (Å²) in [4.78, 5) is 61.0. The van der Waals surface area contributed by atoms with Crippen molar-refractivity contribution in [1.29, 1.82) is 0 Å². The Labute approximate surface area is 288 Å². The molecule has 246 valence electrons. The molecular formula is C40H33ClN2O6. The number of benzene rings is 4. The van der Waals surface area contributed by atoms with Gasteiger partial charge in [-0.15, -0.1) is 0 Å². The van der Waals surface area contributed by atoms with Gasteiger partial charge in [0.25, 0.3) is 0 Å². The molecule has 1 N–H and O–H groups in total. The molecule has 9 heteroatoms. The number of para-hydroxylation sites is 2. The lowest BCUT2D eigenvalue weighted by atomic mass is 9.49. The first-order valence-corrected chi connectivity index (χ1v) is 16.9. The van der Waals surface area contributed by atoms with Crippen molar-refractivity contribution in [1.82, 2.24) is 0 Å². The third kappa shape index (κ3) is 4.43. The Morgan fingerprint density at radius 3 is 2.20 bits per heavy atom. The monoisotopic (exact) mass is 672 g/mol. The lowest BCUT2D eigenvalue weighted by Crippen LogP contribution is -2.53. The predicted octanol–water partition coefficient (Wildman–Crippen LogP) is 6.81. The Morgan fingerprint density at radius 2 is 1.49 bits per heavy atom. The van der Waals surface area contributed by atoms with Crippen LogP contribution in [0.1, 0.15) is 36.8 Å². The van der Waals surface area contributed by atoms with Crippen LogP contribution >= 0.6 is 11.6 Å². The maximum Gasteiger partial charge on any atom is 0.246 e. The molecule has 4 aromatic rings. The average Bonchev–Trinajstić information content (AvgIpc) is 3.51. The zero-order chi connectivity index (χ0) is 34.0. The minimum Gasteiger partial charge on any atom is -0.504 e. The highest BCUT2D eigenvalue weighted by molar-refractivity contribution is 6.32. The smallest absolute Gasteiger partial charge is 0.246 e. The molecule has 0 radical (unpaired) electrons. The second-order valence-electron chi connectivity index (χ2n) is 13.1. The van der Waals surface area contributed by atoms with Gasteiger partial charge in [0.15, 0.2) is 11.5 Å². The summed E-state index contributed by atoms with van der Waals surface area (Å²) in [5.74, 6) is -5.05. The Hall–Kier alpha value is -5.21. The minimum absolute atomic E-state index is 0.131. The maximum atomic E-state index is 15.3. The molecule has 6 atom stereocenters. The minimum atomic E-state index is -1.50. The Morgan fingerprint density at radius 1 is 0.796 bits per heavy atom. The number of nitrogens with zero attached hydrogens (tertiary/aromatic N) is 2. The van der Waals surface area contributed by atoms with Gasteiger partial charge in [0.05, 0.1) is 41.2 Å². The van der Waals surface area contributed by atoms with E-state index in [0.717, 1.165) is 5.57 Å². The summed E-state index contributed by atoms with van der Waals surface area (Å²) in [6.45, 7) is 2.12. The van der Waals surface area contributed by atoms with Crippen molar-refractivity contribution in [2.45, 2.75) is 31.1 Å². The van der Waals surface area contributed by atoms with Crippen LogP contribution in [0.2, 0.25) is 5.02 Å². The normalized spacial score (nSPS) is 27.5. The first kappa shape index (κ1) is 31.1. The molecule has 0 spiro atoms. The Kier molecular flexibility index (Phi) is 7.45. The van der Waals surface area contributed by atoms with Crippen LogP contribution in [-0.4, -0.2) is 35.3 Å². The van der Waals surface area contributed by atoms with Crippen LogP contribution in [0.3, 0.4) is 0 Å². The van der Waals surface area contributed by atoms with E-state index in [9.17, 15) is 19.5 Å². The number of halogens is 1. The largest absolute Gasteiger partial charge is 0.504 e. The number of rotatable bonds is 6. The molecular weight excluding hydrogens is 640 g/mol. The summed E-state index contributed by atoms with van der Waals surface area (Å²) < 4.78 is 5.82. The van der Waals surface area contributed by atoms with Gasteiger partial charge < -0.3 is 9.84 Å². The van der Waals surface area contributed by atoms with Crippen molar-refractivity contribution in [2.75, 3.05) is 16.4 Å². The van der Waals surface area contributed by atoms with Crippen molar-refractivity contribution in [3.63, 3.8) is 0 Å². The highest BCUT2D eigenvalue weighted by atomic mass is 35.5. The summed E-state index contributed by atoms with van der Waals surface area (Å²) in [6.07, 6.45) is 2.42. The van der Waals surface area contributed by atoms with Crippen LogP contribution in [-0.2, 0) is 24.6 Å². The number of ether oxygens (including phenoxy) is 1. The topological polar surface area (TPSA) is 104 Å². The molecule has 4 amide bonds. The van der Waals surface area contributed by atoms with Gasteiger partial charge in [-0.2, -0.15) is 0 Å². The molecule has 0 aromatic heterocycles. The van der Waals surface area contributed by atoms with E-state index in [1.807, 2.05) is 49.4 Å². The number of anilines is 2. The maximum absolute atomic E-state index is 15.3. The van der Waals surface area contributed by atoms with E-state index in [1.165, 1.54) is 9.80 Å². The standard InChI is InChI=1S/C40H33ClN2O6/c1-2-49-32-18-10-17-29(35(32)44)34-27-19-20-28-33(38(47)42(36(28)45)25-14-7-4-8-15-25)30(27)22-31-37(46)43(26-16-9-13-24(41)21-26)39(48)40(31,34)23-11-5-3-6-12-23/h3-19,21,28,30-31,33-34,44H,2,20,22H2,1H3. The zero-order valence-electron chi connectivity index (χ0n) is 26.7. The molecule has 8 nitrogen and oxygen atoms in total. The molecule has 3 fully saturated rings. The van der Waals surface area contributed by atoms with Crippen molar-refractivity contribution >= 4 is 46.6 Å². The highest BCUT2D eigenvalue weighted by Crippen LogP contribution is 2.65. The number of carbonyl (C=O) groups excluding carboxylic acids is 4. The van der Waals surface area contributed by atoms with Crippen molar-refractivity contribution in [3.05, 3.63) is 131 Å². The van der Waals surface area contributed by atoms with Gasteiger partial charge in [0, 0.05) is 16.5 Å². The van der Waals surface area contributed by atoms with E-state index >= 15 is 4.79 Å². The molecule has 4 aliphatic rings. The van der Waals surface area contributed by atoms with Crippen molar-refractivity contribution in [3.8, 4) is 11.5 Å². The van der Waals surface area contributed by atoms with Gasteiger partial charge in [-0.1, -0.05) is 90.0 Å². The summed E-state index contributed by atoms with van der Waals surface area (Å²) in [6, 6.07) is 29.9. The van der Waals surface area contributed by atoms with Crippen LogP contribution in [0.25, 0.3) is 0 Å². The number of phenols is 1. The number of amides is 4. The second kappa shape index (κ2) is 11.7. The number of hydrogen-bond donors (Lipinski definition) is 1. The number of allylic oxidation sites excluding steroid dienone is 2. The molecule has 1 saturated carbocycles. The summed E-state index contributed by atoms with van der Waals surface area (Å²) >= 11 is 6.39. The second-order valence-corrected chi connectivity index (χ2v) is 13.5. The number of hydrogen-bond acceptors (Lipinski definition) is 6. The average molecular weight is 673 g/mol. The van der Waals surface area contributed by atoms with E-state index in [-0.39, 0.29) is 36.2 Å². The predicted molar refractivity (Wildman–Crippen MR) is 184 cm³/mol. The lowest BCUT2D eigenvalue weighted by Gasteiger charge is -2.50. The highest BCUT2D eigenvalue weighted by Gasteiger charge is 2.70. The molecule has 0 bridgehead atoms. The number of fused-ring (bicyclic) bond motifs is 4. The van der Waals surface area contributed by atoms with E-state index in [4.69, 9.17) is 16.3 Å². The SMILES string of the molecule is CCOc1cccc(C2C3=CCC4C(=O)N(c5ccccc5)C(=O)C4C3CC3C(=O)N(c4cccc(Cl)c4)C(=O)C32c2ccccc2)c1O. The van der Waals surface area contributed by atoms with Gasteiger partial charge in [-0.05, 0) is 67.6 Å². The summed E-state index contributed by atoms with van der Waals surface area (Å²) in [7, 11) is 0. The Balaban J connectivity index is 1.38. The quantitative estimate of drug-likeness (QED) is 0.178. The van der Waals surface area contributed by atoms with E-state index in [0.29, 0.717) is 34.1 Å². The van der Waals surface area contributed by atoms with Gasteiger partial charge in [0.2, 0.25) is 23.6 Å². The molecule has 4 aromatic carbocycles. The fraction of sp³-hybridized carbons (Fsp3) is 0.250. The molecule has 49 heavy (non-hydrogen) atoms. The van der Waals surface area contributed by atoms with Crippen molar-refractivity contribution in [2.24, 2.45) is 23.7 Å². The van der Waals surface area contributed by atoms with Crippen LogP contribution in [0.4, 0.5) is 11.4 Å². The summed E-state index contributed by atoms with van der Waals surface area (Å²) in [5.41, 5.74) is 1.14. The van der Waals surface area contributed by atoms with Crippen molar-refractivity contribution < 1.29 is 29.0 Å². The van der Waals surface area contributed by atoms with Crippen LogP contribution in [0, 0.1) is 23.7 Å². The van der Waals surface area contributed by atoms with E-state index in [1.54, 1.807) is 66.7 Å². The fourth-order valence-electron chi connectivity index (χ4n) is 8.96. The van der Waals surface area contributed by atoms with E-state index < -0.39 is 46.8 Å². The molecule has 2 heterocycles. The molecule has 6 unspecified atom stereocenters. The first-order chi connectivity index (χ1) is 23.8. The third-order valence-electron chi connectivity index (χ3n) is 10.8. The number of imide groups is 2. The molecule has 8 rings (SSSR count). The van der Waals surface area contributed by atoms with Gasteiger partial charge in [0.1, 0.15) is 0 Å². The lowest BCUT2D eigenvalue weighted by molar-refractivity contribution is -0.127. The molecule has 2 saturated heterocycles. The fourth-order valence-corrected chi connectivity index (χ4v) is 9.15. The van der Waals surface area contributed by atoms with Crippen LogP contribution in [0.5, 0.6) is 11.5 Å². The Bertz CT molecular complexity index is 2050.